The molecule has 0 aliphatic carbocycles. The molecule has 0 saturated heterocycles. The number of hydrogen-bond donors (Lipinski definition) is 0. The minimum absolute atomic E-state index is 0. The minimum atomic E-state index is 0. The predicted molar refractivity (Wildman–Crippen MR) is 69.5 cm³/mol. The number of rotatable bonds is 1. The van der Waals surface area contributed by atoms with Gasteiger partial charge in [-0.25, -0.2) is 0 Å². The summed E-state index contributed by atoms with van der Waals surface area (Å²) in [4.78, 5) is 0. The van der Waals surface area contributed by atoms with Crippen LogP contribution in [0.15, 0.2) is 59.1 Å². The van der Waals surface area contributed by atoms with E-state index in [1.165, 1.54) is 11.1 Å². The van der Waals surface area contributed by atoms with Crippen LogP contribution in [0.25, 0.3) is 11.1 Å². The van der Waals surface area contributed by atoms with Crippen LogP contribution >= 0.6 is 15.9 Å². The molecule has 0 saturated carbocycles. The summed E-state index contributed by atoms with van der Waals surface area (Å²) in [7, 11) is 0. The molecule has 2 rings (SSSR count). The molecule has 0 N–H and O–H groups in total. The molecule has 2 heteroatoms. The van der Waals surface area contributed by atoms with Crippen molar-refractivity contribution in [3.63, 3.8) is 0 Å². The molecule has 70 valence electrons. The fourth-order valence-corrected chi connectivity index (χ4v) is 1.83. The van der Waals surface area contributed by atoms with Gasteiger partial charge in [0.2, 0.25) is 0 Å². The summed E-state index contributed by atoms with van der Waals surface area (Å²) in [6, 6.07) is 18.6. The monoisotopic (exact) mass is 262 g/mol. The van der Waals surface area contributed by atoms with Gasteiger partial charge in [-0.05, 0) is 17.2 Å². The number of halogens is 1. The molecule has 2 aromatic rings. The zero-order valence-electron chi connectivity index (χ0n) is 7.07. The first-order valence-corrected chi connectivity index (χ1v) is 4.97. The highest BCUT2D eigenvalue weighted by molar-refractivity contribution is 9.10. The highest BCUT2D eigenvalue weighted by Crippen LogP contribution is 2.27. The van der Waals surface area contributed by atoms with Gasteiger partial charge in [0.05, 0.1) is 0 Å². The Kier molecular flexibility index (Phi) is 4.41. The molecule has 0 bridgehead atoms. The largest absolute Gasteiger partial charge is 0.187 e. The van der Waals surface area contributed by atoms with Crippen LogP contribution in [0.2, 0.25) is 0 Å². The third-order valence-electron chi connectivity index (χ3n) is 1.96. The van der Waals surface area contributed by atoms with E-state index in [-0.39, 0.29) is 17.4 Å². The second kappa shape index (κ2) is 5.36. The first kappa shape index (κ1) is 11.5. The number of benzene rings is 2. The maximum atomic E-state index is 3.53. The summed E-state index contributed by atoms with van der Waals surface area (Å²) in [6.07, 6.45) is 0. The molecule has 14 heavy (non-hydrogen) atoms. The molecule has 2 aromatic carbocycles. The smallest absolute Gasteiger partial charge is 0.0622 e. The Hall–Kier alpha value is -0.548. The summed E-state index contributed by atoms with van der Waals surface area (Å²) in [5, 5.41) is 0. The summed E-state index contributed by atoms with van der Waals surface area (Å²) in [5.74, 6) is 0. The van der Waals surface area contributed by atoms with E-state index in [2.05, 4.69) is 52.3 Å². The average Bonchev–Trinajstić information content (AvgIpc) is 2.20. The van der Waals surface area contributed by atoms with Crippen LogP contribution in [0.4, 0.5) is 0 Å². The Morgan fingerprint density at radius 2 is 1.29 bits per heavy atom. The molecular formula is C12H12AlBr. The Balaban J connectivity index is 0.000000980. The van der Waals surface area contributed by atoms with Crippen molar-refractivity contribution >= 4 is 33.3 Å². The molecule has 0 aliphatic heterocycles. The molecule has 0 aromatic heterocycles. The van der Waals surface area contributed by atoms with Crippen LogP contribution < -0.4 is 0 Å². The van der Waals surface area contributed by atoms with Crippen LogP contribution in [0, 0.1) is 0 Å². The van der Waals surface area contributed by atoms with Crippen LogP contribution in [-0.2, 0) is 0 Å². The molecule has 0 spiro atoms. The van der Waals surface area contributed by atoms with E-state index in [1.807, 2.05) is 18.2 Å². The fraction of sp³-hybridized carbons (Fsp3) is 0. The van der Waals surface area contributed by atoms with E-state index < -0.39 is 0 Å². The SMILES string of the molecule is Brc1ccccc1-c1ccccc1.[AlH3]. The van der Waals surface area contributed by atoms with Gasteiger partial charge in [-0.15, -0.1) is 0 Å². The minimum Gasteiger partial charge on any atom is -0.0622 e. The molecule has 0 fully saturated rings. The standard InChI is InChI=1S/C12H9Br.Al.3H/c13-12-9-5-4-8-11(12)10-6-2-1-3-7-10;;;;/h1-9H;;;;. The van der Waals surface area contributed by atoms with E-state index in [0.717, 1.165) is 4.47 Å². The van der Waals surface area contributed by atoms with Crippen molar-refractivity contribution in [1.82, 2.24) is 0 Å². The second-order valence-electron chi connectivity index (χ2n) is 2.85. The highest BCUT2D eigenvalue weighted by atomic mass is 79.9. The summed E-state index contributed by atoms with van der Waals surface area (Å²) in [5.41, 5.74) is 2.48. The maximum absolute atomic E-state index is 3.53. The van der Waals surface area contributed by atoms with E-state index in [1.54, 1.807) is 0 Å². The molecule has 0 nitrogen and oxygen atoms in total. The quantitative estimate of drug-likeness (QED) is 0.694. The Labute approximate surface area is 103 Å². The summed E-state index contributed by atoms with van der Waals surface area (Å²) >= 11 is 3.53. The Bertz CT molecular complexity index is 398. The summed E-state index contributed by atoms with van der Waals surface area (Å²) < 4.78 is 1.14. The third kappa shape index (κ3) is 2.48. The molecular weight excluding hydrogens is 251 g/mol. The van der Waals surface area contributed by atoms with Crippen LogP contribution in [0.5, 0.6) is 0 Å². The van der Waals surface area contributed by atoms with Gasteiger partial charge in [0.1, 0.15) is 0 Å². The van der Waals surface area contributed by atoms with Gasteiger partial charge in [-0.3, -0.25) is 0 Å². The second-order valence-corrected chi connectivity index (χ2v) is 3.70. The fourth-order valence-electron chi connectivity index (χ4n) is 1.31. The van der Waals surface area contributed by atoms with Crippen LogP contribution in [-0.4, -0.2) is 17.4 Å². The van der Waals surface area contributed by atoms with Crippen molar-refractivity contribution in [3.8, 4) is 11.1 Å². The zero-order chi connectivity index (χ0) is 9.10. The van der Waals surface area contributed by atoms with Gasteiger partial charge >= 0.3 is 0 Å². The Morgan fingerprint density at radius 1 is 0.714 bits per heavy atom. The topological polar surface area (TPSA) is 0 Å². The van der Waals surface area contributed by atoms with Crippen molar-refractivity contribution in [2.24, 2.45) is 0 Å². The van der Waals surface area contributed by atoms with Gasteiger partial charge in [-0.1, -0.05) is 64.5 Å². The molecule has 0 unspecified atom stereocenters. The van der Waals surface area contributed by atoms with Crippen LogP contribution in [0.1, 0.15) is 0 Å². The van der Waals surface area contributed by atoms with Crippen molar-refractivity contribution in [2.75, 3.05) is 0 Å². The highest BCUT2D eigenvalue weighted by Gasteiger charge is 1.99. The van der Waals surface area contributed by atoms with Gasteiger partial charge < -0.3 is 0 Å². The lowest BCUT2D eigenvalue weighted by Crippen LogP contribution is -1.77. The van der Waals surface area contributed by atoms with Crippen LogP contribution in [0.3, 0.4) is 0 Å². The molecule has 0 atom stereocenters. The first-order chi connectivity index (χ1) is 6.38. The van der Waals surface area contributed by atoms with Crippen molar-refractivity contribution in [2.45, 2.75) is 0 Å². The maximum Gasteiger partial charge on any atom is 0.187 e. The van der Waals surface area contributed by atoms with Crippen molar-refractivity contribution < 1.29 is 0 Å². The predicted octanol–water partition coefficient (Wildman–Crippen LogP) is 2.93. The molecule has 0 amide bonds. The van der Waals surface area contributed by atoms with Crippen molar-refractivity contribution in [3.05, 3.63) is 59.1 Å². The van der Waals surface area contributed by atoms with Gasteiger partial charge in [0.15, 0.2) is 17.4 Å². The molecule has 0 radical (unpaired) electrons. The molecule has 0 aliphatic rings. The summed E-state index contributed by atoms with van der Waals surface area (Å²) in [6.45, 7) is 0. The number of hydrogen-bond acceptors (Lipinski definition) is 0. The Morgan fingerprint density at radius 3 is 1.93 bits per heavy atom. The lowest BCUT2D eigenvalue weighted by Gasteiger charge is -2.02. The van der Waals surface area contributed by atoms with E-state index in [4.69, 9.17) is 0 Å². The van der Waals surface area contributed by atoms with E-state index in [9.17, 15) is 0 Å². The zero-order valence-corrected chi connectivity index (χ0v) is 8.66. The van der Waals surface area contributed by atoms with Gasteiger partial charge in [0, 0.05) is 4.47 Å². The lowest BCUT2D eigenvalue weighted by molar-refractivity contribution is 1.58. The van der Waals surface area contributed by atoms with E-state index in [0.29, 0.717) is 0 Å². The first-order valence-electron chi connectivity index (χ1n) is 4.18. The lowest BCUT2D eigenvalue weighted by atomic mass is 10.1. The van der Waals surface area contributed by atoms with E-state index >= 15 is 0 Å². The third-order valence-corrected chi connectivity index (χ3v) is 2.65. The van der Waals surface area contributed by atoms with Crippen molar-refractivity contribution in [1.29, 1.82) is 0 Å². The van der Waals surface area contributed by atoms with Gasteiger partial charge in [-0.2, -0.15) is 0 Å². The normalized spacial score (nSPS) is 9.21. The van der Waals surface area contributed by atoms with Gasteiger partial charge in [0.25, 0.3) is 0 Å². The average molecular weight is 263 g/mol. The molecule has 0 heterocycles.